The smallest absolute Gasteiger partial charge is 0.220 e. The van der Waals surface area contributed by atoms with Gasteiger partial charge in [-0.2, -0.15) is 0 Å². The van der Waals surface area contributed by atoms with E-state index in [1.165, 1.54) is 0 Å². The van der Waals surface area contributed by atoms with Crippen LogP contribution in [0.5, 0.6) is 0 Å². The Kier molecular flexibility index (Phi) is 5.75. The maximum absolute atomic E-state index is 11.4. The Hall–Kier alpha value is -1.48. The van der Waals surface area contributed by atoms with Crippen LogP contribution in [0.15, 0.2) is 9.04 Å². The molecule has 0 saturated heterocycles. The van der Waals surface area contributed by atoms with Crippen LogP contribution in [-0.4, -0.2) is 21.4 Å². The standard InChI is InChI=1S/C5H10N6O4S2/c1-2-3-4-5(16(12,13)10-8-6)17(14,15)11-9-7/h5H,2-4H2,1H3. The summed E-state index contributed by atoms with van der Waals surface area (Å²) in [5, 5.41) is 0. The van der Waals surface area contributed by atoms with E-state index in [4.69, 9.17) is 11.1 Å². The predicted octanol–water partition coefficient (Wildman–Crippen LogP) is 1.78. The van der Waals surface area contributed by atoms with Crippen LogP contribution in [0.1, 0.15) is 26.2 Å². The summed E-state index contributed by atoms with van der Waals surface area (Å²) in [7, 11) is -9.14. The fraction of sp³-hybridized carbons (Fsp3) is 1.00. The van der Waals surface area contributed by atoms with Gasteiger partial charge in [-0.1, -0.05) is 19.8 Å². The van der Waals surface area contributed by atoms with Gasteiger partial charge in [0.2, 0.25) is 0 Å². The molecule has 0 aromatic heterocycles. The molecule has 0 aliphatic heterocycles. The van der Waals surface area contributed by atoms with E-state index < -0.39 is 24.6 Å². The van der Waals surface area contributed by atoms with Gasteiger partial charge in [0, 0.05) is 18.9 Å². The van der Waals surface area contributed by atoms with Crippen molar-refractivity contribution < 1.29 is 16.8 Å². The first-order chi connectivity index (χ1) is 7.81. The lowest BCUT2D eigenvalue weighted by Gasteiger charge is -2.10. The molecule has 0 amide bonds. The Morgan fingerprint density at radius 2 is 1.47 bits per heavy atom. The normalized spacial score (nSPS) is 13.2. The number of unbranched alkanes of at least 4 members (excludes halogenated alkanes) is 1. The zero-order valence-corrected chi connectivity index (χ0v) is 10.5. The van der Waals surface area contributed by atoms with E-state index in [1.54, 1.807) is 6.92 Å². The van der Waals surface area contributed by atoms with Crippen molar-refractivity contribution in [2.75, 3.05) is 0 Å². The van der Waals surface area contributed by atoms with Crippen molar-refractivity contribution in [3.05, 3.63) is 20.9 Å². The molecule has 12 heteroatoms. The van der Waals surface area contributed by atoms with E-state index in [9.17, 15) is 16.8 Å². The molecule has 0 N–H and O–H groups in total. The lowest BCUT2D eigenvalue weighted by molar-refractivity contribution is 0.565. The van der Waals surface area contributed by atoms with Gasteiger partial charge in [0.25, 0.3) is 20.0 Å². The SMILES string of the molecule is CCCCC(S(=O)(=O)N=[N+]=[N-])S(=O)(=O)N=[N+]=[N-]. The fourth-order valence-electron chi connectivity index (χ4n) is 1.03. The highest BCUT2D eigenvalue weighted by molar-refractivity contribution is 8.07. The maximum atomic E-state index is 11.4. The first-order valence-electron chi connectivity index (χ1n) is 4.42. The summed E-state index contributed by atoms with van der Waals surface area (Å²) in [5.74, 6) is 0. The lowest BCUT2D eigenvalue weighted by atomic mass is 10.3. The highest BCUT2D eigenvalue weighted by Crippen LogP contribution is 2.20. The Morgan fingerprint density at radius 1 is 1.06 bits per heavy atom. The van der Waals surface area contributed by atoms with Crippen LogP contribution in [0, 0.1) is 0 Å². The summed E-state index contributed by atoms with van der Waals surface area (Å²) in [4.78, 5) is 4.10. The molecule has 0 rings (SSSR count). The van der Waals surface area contributed by atoms with Crippen molar-refractivity contribution in [2.45, 2.75) is 30.8 Å². The summed E-state index contributed by atoms with van der Waals surface area (Å²) >= 11 is 0. The molecule has 10 nitrogen and oxygen atoms in total. The summed E-state index contributed by atoms with van der Waals surface area (Å²) in [6.45, 7) is 1.72. The van der Waals surface area contributed by atoms with Crippen molar-refractivity contribution in [3.8, 4) is 0 Å². The van der Waals surface area contributed by atoms with Gasteiger partial charge < -0.3 is 0 Å². The van der Waals surface area contributed by atoms with Crippen LogP contribution in [0.3, 0.4) is 0 Å². The molecule has 0 unspecified atom stereocenters. The van der Waals surface area contributed by atoms with Crippen molar-refractivity contribution in [1.29, 1.82) is 0 Å². The number of nitrogens with zero attached hydrogens (tertiary/aromatic N) is 6. The molecule has 0 aromatic carbocycles. The number of azide groups is 2. The summed E-state index contributed by atoms with van der Waals surface area (Å²) in [5.41, 5.74) is 16.1. The van der Waals surface area contributed by atoms with E-state index in [-0.39, 0.29) is 12.8 Å². The first kappa shape index (κ1) is 15.5. The Labute approximate surface area is 98.0 Å². The van der Waals surface area contributed by atoms with Crippen LogP contribution >= 0.6 is 0 Å². The van der Waals surface area contributed by atoms with E-state index >= 15 is 0 Å². The van der Waals surface area contributed by atoms with Crippen LogP contribution in [0.4, 0.5) is 0 Å². The molecule has 0 spiro atoms. The Morgan fingerprint density at radius 3 is 1.76 bits per heavy atom. The molecule has 17 heavy (non-hydrogen) atoms. The van der Waals surface area contributed by atoms with Crippen molar-refractivity contribution in [3.63, 3.8) is 0 Å². The quantitative estimate of drug-likeness (QED) is 0.394. The highest BCUT2D eigenvalue weighted by atomic mass is 32.3. The molecule has 0 aliphatic carbocycles. The average Bonchev–Trinajstić information content (AvgIpc) is 2.17. The van der Waals surface area contributed by atoms with Gasteiger partial charge in [-0.25, -0.2) is 16.8 Å². The number of hydrogen-bond acceptors (Lipinski definition) is 4. The largest absolute Gasteiger partial charge is 0.253 e. The summed E-state index contributed by atoms with van der Waals surface area (Å²) in [6.07, 6.45) is 0.512. The summed E-state index contributed by atoms with van der Waals surface area (Å²) in [6, 6.07) is 0. The van der Waals surface area contributed by atoms with Gasteiger partial charge in [0.05, 0.1) is 0 Å². The zero-order valence-electron chi connectivity index (χ0n) is 8.83. The first-order valence-corrected chi connectivity index (χ1v) is 7.43. The van der Waals surface area contributed by atoms with Gasteiger partial charge in [-0.3, -0.25) is 0 Å². The fourth-order valence-corrected chi connectivity index (χ4v) is 3.83. The van der Waals surface area contributed by atoms with Gasteiger partial charge in [-0.15, -0.1) is 0 Å². The molecule has 0 bridgehead atoms. The Bertz CT molecular complexity index is 505. The van der Waals surface area contributed by atoms with E-state index in [0.29, 0.717) is 6.42 Å². The van der Waals surface area contributed by atoms with Gasteiger partial charge in [0.1, 0.15) is 0 Å². The maximum Gasteiger partial charge on any atom is 0.253 e. The van der Waals surface area contributed by atoms with Crippen LogP contribution in [0.25, 0.3) is 20.9 Å². The van der Waals surface area contributed by atoms with Crippen molar-refractivity contribution in [2.24, 2.45) is 9.04 Å². The van der Waals surface area contributed by atoms with Crippen LogP contribution in [-0.2, 0) is 20.0 Å². The van der Waals surface area contributed by atoms with Crippen LogP contribution in [0.2, 0.25) is 0 Å². The molecule has 0 fully saturated rings. The number of rotatable bonds is 7. The number of sulfonamides is 2. The third kappa shape index (κ3) is 4.49. The van der Waals surface area contributed by atoms with Crippen molar-refractivity contribution >= 4 is 20.0 Å². The monoisotopic (exact) mass is 282 g/mol. The minimum atomic E-state index is -4.57. The molecule has 0 aromatic rings. The van der Waals surface area contributed by atoms with E-state index in [1.807, 2.05) is 9.82 Å². The third-order valence-electron chi connectivity index (χ3n) is 1.76. The second-order valence-corrected chi connectivity index (χ2v) is 6.77. The van der Waals surface area contributed by atoms with Crippen LogP contribution < -0.4 is 0 Å². The third-order valence-corrected chi connectivity index (χ3v) is 5.62. The second kappa shape index (κ2) is 6.30. The van der Waals surface area contributed by atoms with E-state index in [0.717, 1.165) is 0 Å². The molecule has 96 valence electrons. The minimum absolute atomic E-state index is 0.269. The van der Waals surface area contributed by atoms with Crippen molar-refractivity contribution in [1.82, 2.24) is 0 Å². The zero-order chi connectivity index (χ0) is 13.5. The Balaban J connectivity index is 5.60. The molecule has 0 aliphatic rings. The summed E-state index contributed by atoms with van der Waals surface area (Å²) < 4.78 is 48.4. The lowest BCUT2D eigenvalue weighted by Crippen LogP contribution is -2.27. The predicted molar refractivity (Wildman–Crippen MR) is 59.4 cm³/mol. The molecule has 0 heterocycles. The topological polar surface area (TPSA) is 166 Å². The minimum Gasteiger partial charge on any atom is -0.220 e. The highest BCUT2D eigenvalue weighted by Gasteiger charge is 2.36. The average molecular weight is 282 g/mol. The van der Waals surface area contributed by atoms with E-state index in [2.05, 4.69) is 9.04 Å². The van der Waals surface area contributed by atoms with Gasteiger partial charge >= 0.3 is 0 Å². The molecular weight excluding hydrogens is 272 g/mol. The van der Waals surface area contributed by atoms with Gasteiger partial charge in [0.15, 0.2) is 4.58 Å². The van der Waals surface area contributed by atoms with Gasteiger partial charge in [-0.05, 0) is 17.5 Å². The molecule has 0 atom stereocenters. The second-order valence-electron chi connectivity index (χ2n) is 2.94. The molecule has 0 saturated carbocycles. The molecule has 0 radical (unpaired) electrons. The number of hydrogen-bond donors (Lipinski definition) is 0. The molecular formula is C5H10N6O4S2.